The zero-order valence-corrected chi connectivity index (χ0v) is 22.5. The molecule has 3 heterocycles. The molecule has 1 aliphatic heterocycles. The Morgan fingerprint density at radius 3 is 2.32 bits per heavy atom. The van der Waals surface area contributed by atoms with Crippen LogP contribution in [-0.4, -0.2) is 27.8 Å². The Labute approximate surface area is 223 Å². The van der Waals surface area contributed by atoms with E-state index in [9.17, 15) is 0 Å². The van der Waals surface area contributed by atoms with Gasteiger partial charge in [-0.05, 0) is 100 Å². The highest BCUT2D eigenvalue weighted by atomic mass is 32.1. The molecule has 0 aliphatic carbocycles. The molecule has 0 unspecified atom stereocenters. The second kappa shape index (κ2) is 10.3. The Morgan fingerprint density at radius 2 is 1.68 bits per heavy atom. The first-order chi connectivity index (χ1) is 17.9. The van der Waals surface area contributed by atoms with Gasteiger partial charge in [-0.15, -0.1) is 0 Å². The molecule has 1 saturated heterocycles. The van der Waals surface area contributed by atoms with Crippen molar-refractivity contribution in [1.29, 1.82) is 0 Å². The second-order valence-electron chi connectivity index (χ2n) is 9.30. The lowest BCUT2D eigenvalue weighted by molar-refractivity contribution is 0.556. The van der Waals surface area contributed by atoms with Gasteiger partial charge in [-0.3, -0.25) is 4.98 Å². The quantitative estimate of drug-likeness (QED) is 0.280. The zero-order chi connectivity index (χ0) is 26.1. The molecule has 0 bridgehead atoms. The van der Waals surface area contributed by atoms with Crippen LogP contribution < -0.4 is 15.1 Å². The van der Waals surface area contributed by atoms with E-state index in [2.05, 4.69) is 77.8 Å². The summed E-state index contributed by atoms with van der Waals surface area (Å²) in [7, 11) is 0. The van der Waals surface area contributed by atoms with Crippen molar-refractivity contribution in [2.45, 2.75) is 39.8 Å². The molecule has 0 radical (unpaired) electrons. The fourth-order valence-electron chi connectivity index (χ4n) is 5.46. The van der Waals surface area contributed by atoms with E-state index in [1.54, 1.807) is 18.3 Å². The number of rotatable bonds is 7. The summed E-state index contributed by atoms with van der Waals surface area (Å²) in [4.78, 5) is 8.86. The number of anilines is 2. The summed E-state index contributed by atoms with van der Waals surface area (Å²) in [6.07, 6.45) is 1.78. The number of nitrogens with one attached hydrogen (secondary N) is 1. The van der Waals surface area contributed by atoms with Crippen LogP contribution in [0.1, 0.15) is 48.6 Å². The van der Waals surface area contributed by atoms with Crippen molar-refractivity contribution in [3.63, 3.8) is 0 Å². The predicted molar refractivity (Wildman–Crippen MR) is 153 cm³/mol. The van der Waals surface area contributed by atoms with Gasteiger partial charge in [0.15, 0.2) is 5.11 Å². The van der Waals surface area contributed by atoms with Gasteiger partial charge in [-0.1, -0.05) is 18.2 Å². The van der Waals surface area contributed by atoms with Crippen molar-refractivity contribution in [3.05, 3.63) is 107 Å². The van der Waals surface area contributed by atoms with Crippen LogP contribution in [0.3, 0.4) is 0 Å². The van der Waals surface area contributed by atoms with Gasteiger partial charge in [-0.2, -0.15) is 0 Å². The molecule has 0 saturated carbocycles. The molecule has 2 aromatic heterocycles. The van der Waals surface area contributed by atoms with Crippen molar-refractivity contribution in [2.24, 2.45) is 0 Å². The minimum Gasteiger partial charge on any atom is -0.372 e. The molecule has 1 N–H and O–H groups in total. The molecule has 190 valence electrons. The van der Waals surface area contributed by atoms with Gasteiger partial charge in [0.1, 0.15) is 5.82 Å². The third-order valence-electron chi connectivity index (χ3n) is 7.24. The number of aryl methyl sites for hydroxylation is 1. The van der Waals surface area contributed by atoms with Crippen LogP contribution in [0.15, 0.2) is 79.0 Å². The molecule has 0 spiro atoms. The number of hydrogen-bond acceptors (Lipinski definition) is 3. The predicted octanol–water partition coefficient (Wildman–Crippen LogP) is 6.65. The van der Waals surface area contributed by atoms with Gasteiger partial charge in [-0.25, -0.2) is 4.39 Å². The topological polar surface area (TPSA) is 36.3 Å². The summed E-state index contributed by atoms with van der Waals surface area (Å²) < 4.78 is 17.4. The van der Waals surface area contributed by atoms with E-state index >= 15 is 4.39 Å². The first-order valence-corrected chi connectivity index (χ1v) is 13.1. The maximum atomic E-state index is 15.1. The molecule has 4 aromatic rings. The maximum Gasteiger partial charge on any atom is 0.174 e. The lowest BCUT2D eigenvalue weighted by atomic mass is 9.96. The molecule has 1 fully saturated rings. The average molecular weight is 514 g/mol. The third kappa shape index (κ3) is 4.48. The Balaban J connectivity index is 1.62. The number of nitrogens with zero attached hydrogens (tertiary/aromatic N) is 4. The fourth-order valence-corrected chi connectivity index (χ4v) is 5.80. The van der Waals surface area contributed by atoms with Gasteiger partial charge in [0, 0.05) is 42.0 Å². The fraction of sp³-hybridized carbons (Fsp3) is 0.267. The summed E-state index contributed by atoms with van der Waals surface area (Å²) in [5.41, 5.74) is 6.90. The molecular formula is C30H32FN5S. The third-order valence-corrected chi connectivity index (χ3v) is 7.55. The van der Waals surface area contributed by atoms with Gasteiger partial charge < -0.3 is 19.7 Å². The summed E-state index contributed by atoms with van der Waals surface area (Å²) in [6.45, 7) is 10.5. The maximum absolute atomic E-state index is 15.1. The normalized spacial score (nSPS) is 17.2. The highest BCUT2D eigenvalue weighted by Crippen LogP contribution is 2.44. The number of halogens is 1. The summed E-state index contributed by atoms with van der Waals surface area (Å²) in [5, 5.41) is 3.92. The van der Waals surface area contributed by atoms with Crippen molar-refractivity contribution >= 4 is 28.7 Å². The molecule has 5 rings (SSSR count). The van der Waals surface area contributed by atoms with Crippen LogP contribution in [-0.2, 0) is 0 Å². The summed E-state index contributed by atoms with van der Waals surface area (Å²) >= 11 is 5.78. The Kier molecular flexibility index (Phi) is 6.98. The molecular weight excluding hydrogens is 481 g/mol. The highest BCUT2D eigenvalue weighted by Gasteiger charge is 2.43. The van der Waals surface area contributed by atoms with Gasteiger partial charge in [0.05, 0.1) is 23.5 Å². The van der Waals surface area contributed by atoms with Gasteiger partial charge in [0.2, 0.25) is 0 Å². The smallest absolute Gasteiger partial charge is 0.174 e. The Bertz CT molecular complexity index is 1400. The molecule has 2 aromatic carbocycles. The van der Waals surface area contributed by atoms with E-state index in [-0.39, 0.29) is 17.9 Å². The molecule has 7 heteroatoms. The lowest BCUT2D eigenvalue weighted by Crippen LogP contribution is -2.30. The van der Waals surface area contributed by atoms with Crippen LogP contribution in [0, 0.1) is 19.7 Å². The van der Waals surface area contributed by atoms with Crippen molar-refractivity contribution < 1.29 is 4.39 Å². The van der Waals surface area contributed by atoms with Crippen LogP contribution in [0.2, 0.25) is 0 Å². The minimum absolute atomic E-state index is 0.229. The van der Waals surface area contributed by atoms with E-state index in [0.29, 0.717) is 10.8 Å². The number of para-hydroxylation sites is 1. The van der Waals surface area contributed by atoms with Crippen LogP contribution in [0.5, 0.6) is 0 Å². The molecule has 0 amide bonds. The SMILES string of the molecule is CCN(CC)c1ccc(-n2c(C)cc([C@@H]3[C@H](c4ccccn4)NC(=S)N3c3ccccc3F)c2C)cc1. The van der Waals surface area contributed by atoms with Crippen LogP contribution in [0.25, 0.3) is 5.69 Å². The summed E-state index contributed by atoms with van der Waals surface area (Å²) in [6, 6.07) is 23.0. The Morgan fingerprint density at radius 1 is 0.973 bits per heavy atom. The molecule has 2 atom stereocenters. The van der Waals surface area contributed by atoms with Crippen molar-refractivity contribution in [3.8, 4) is 5.69 Å². The minimum atomic E-state index is -0.306. The zero-order valence-electron chi connectivity index (χ0n) is 21.6. The van der Waals surface area contributed by atoms with E-state index < -0.39 is 0 Å². The van der Waals surface area contributed by atoms with Crippen molar-refractivity contribution in [2.75, 3.05) is 22.9 Å². The highest BCUT2D eigenvalue weighted by molar-refractivity contribution is 7.80. The number of thiocarbonyl (C=S) groups is 1. The molecule has 1 aliphatic rings. The number of benzene rings is 2. The standard InChI is InChI=1S/C30H32FN5S/c1-5-34(6-2)22-14-16-23(17-15-22)35-20(3)19-24(21(35)4)29-28(26-12-9-10-18-32-26)33-30(37)36(29)27-13-8-7-11-25(27)31/h7-19,28-29H,5-6H2,1-4H3,(H,33,37)/t28-,29+/m0/s1. The summed E-state index contributed by atoms with van der Waals surface area (Å²) in [5.74, 6) is -0.306. The average Bonchev–Trinajstić information content (AvgIpc) is 3.41. The number of aromatic nitrogens is 2. The number of pyridine rings is 1. The largest absolute Gasteiger partial charge is 0.372 e. The number of hydrogen-bond donors (Lipinski definition) is 1. The van der Waals surface area contributed by atoms with Crippen molar-refractivity contribution in [1.82, 2.24) is 14.9 Å². The van der Waals surface area contributed by atoms with Crippen LogP contribution >= 0.6 is 12.2 Å². The van der Waals surface area contributed by atoms with E-state index in [1.807, 2.05) is 29.2 Å². The first-order valence-electron chi connectivity index (χ1n) is 12.7. The van der Waals surface area contributed by atoms with Gasteiger partial charge in [0.25, 0.3) is 0 Å². The monoisotopic (exact) mass is 513 g/mol. The first kappa shape index (κ1) is 25.0. The van der Waals surface area contributed by atoms with E-state index in [1.165, 1.54) is 11.8 Å². The second-order valence-corrected chi connectivity index (χ2v) is 9.69. The van der Waals surface area contributed by atoms with E-state index in [0.717, 1.165) is 41.4 Å². The van der Waals surface area contributed by atoms with Crippen LogP contribution in [0.4, 0.5) is 15.8 Å². The Hall–Kier alpha value is -3.71. The molecule has 5 nitrogen and oxygen atoms in total. The van der Waals surface area contributed by atoms with E-state index in [4.69, 9.17) is 12.2 Å². The lowest BCUT2D eigenvalue weighted by Gasteiger charge is -2.28. The molecule has 37 heavy (non-hydrogen) atoms. The van der Waals surface area contributed by atoms with Gasteiger partial charge >= 0.3 is 0 Å².